The predicted octanol–water partition coefficient (Wildman–Crippen LogP) is 1.60. The lowest BCUT2D eigenvalue weighted by molar-refractivity contribution is 0.0795. The molecule has 1 rings (SSSR count). The second kappa shape index (κ2) is 4.73. The van der Waals surface area contributed by atoms with E-state index in [9.17, 15) is 5.11 Å². The molecule has 0 saturated carbocycles. The molecular weight excluding hydrogens is 200 g/mol. The minimum absolute atomic E-state index is 0.526. The Morgan fingerprint density at radius 1 is 1.57 bits per heavy atom. The summed E-state index contributed by atoms with van der Waals surface area (Å²) in [4.78, 5) is 3.97. The van der Waals surface area contributed by atoms with E-state index in [0.29, 0.717) is 18.1 Å². The highest BCUT2D eigenvalue weighted by Gasteiger charge is 2.11. The van der Waals surface area contributed by atoms with Gasteiger partial charge in [-0.1, -0.05) is 11.6 Å². The van der Waals surface area contributed by atoms with Gasteiger partial charge in [-0.15, -0.1) is 0 Å². The van der Waals surface area contributed by atoms with E-state index in [1.807, 2.05) is 0 Å². The lowest BCUT2D eigenvalue weighted by atomic mass is 10.1. The largest absolute Gasteiger partial charge is 0.389 e. The van der Waals surface area contributed by atoms with Crippen LogP contribution in [0.25, 0.3) is 0 Å². The fraction of sp³-hybridized carbons (Fsp3) is 0.500. The fourth-order valence-electron chi connectivity index (χ4n) is 1.04. The van der Waals surface area contributed by atoms with Gasteiger partial charge in [-0.2, -0.15) is 0 Å². The molecule has 0 amide bonds. The molecule has 0 radical (unpaired) electrons. The topological polar surface area (TPSA) is 45.1 Å². The SMILES string of the molecule is CC(C)(O)CNCc1cnccc1Cl. The second-order valence-corrected chi connectivity index (χ2v) is 4.29. The van der Waals surface area contributed by atoms with Crippen LogP contribution in [0.1, 0.15) is 19.4 Å². The molecule has 0 aliphatic heterocycles. The third kappa shape index (κ3) is 4.05. The van der Waals surface area contributed by atoms with Crippen LogP contribution in [-0.4, -0.2) is 22.2 Å². The van der Waals surface area contributed by atoms with E-state index in [0.717, 1.165) is 5.56 Å². The van der Waals surface area contributed by atoms with Crippen LogP contribution in [0.5, 0.6) is 0 Å². The van der Waals surface area contributed by atoms with E-state index < -0.39 is 5.60 Å². The molecule has 0 fully saturated rings. The van der Waals surface area contributed by atoms with Gasteiger partial charge < -0.3 is 10.4 Å². The van der Waals surface area contributed by atoms with Gasteiger partial charge in [0.15, 0.2) is 0 Å². The summed E-state index contributed by atoms with van der Waals surface area (Å²) in [5.74, 6) is 0. The van der Waals surface area contributed by atoms with Gasteiger partial charge in [-0.25, -0.2) is 0 Å². The monoisotopic (exact) mass is 214 g/mol. The summed E-state index contributed by atoms with van der Waals surface area (Å²) < 4.78 is 0. The van der Waals surface area contributed by atoms with Crippen molar-refractivity contribution in [3.05, 3.63) is 29.0 Å². The van der Waals surface area contributed by atoms with Crippen molar-refractivity contribution < 1.29 is 5.11 Å². The summed E-state index contributed by atoms with van der Waals surface area (Å²) in [7, 11) is 0. The lowest BCUT2D eigenvalue weighted by Gasteiger charge is -2.17. The molecule has 1 aromatic heterocycles. The van der Waals surface area contributed by atoms with E-state index >= 15 is 0 Å². The first-order chi connectivity index (χ1) is 6.49. The normalized spacial score (nSPS) is 11.7. The van der Waals surface area contributed by atoms with Crippen LogP contribution in [0.2, 0.25) is 5.02 Å². The Balaban J connectivity index is 2.43. The van der Waals surface area contributed by atoms with Gasteiger partial charge in [0.05, 0.1) is 5.60 Å². The highest BCUT2D eigenvalue weighted by molar-refractivity contribution is 6.31. The third-order valence-electron chi connectivity index (χ3n) is 1.72. The number of hydrogen-bond acceptors (Lipinski definition) is 3. The molecule has 0 aliphatic rings. The standard InChI is InChI=1S/C10H15ClN2O/c1-10(2,14)7-13-6-8-5-12-4-3-9(8)11/h3-5,13-14H,6-7H2,1-2H3. The van der Waals surface area contributed by atoms with Gasteiger partial charge in [-0.3, -0.25) is 4.98 Å². The van der Waals surface area contributed by atoms with Gasteiger partial charge in [0.1, 0.15) is 0 Å². The van der Waals surface area contributed by atoms with Gasteiger partial charge >= 0.3 is 0 Å². The molecule has 0 bridgehead atoms. The zero-order chi connectivity index (χ0) is 10.6. The molecule has 0 spiro atoms. The maximum atomic E-state index is 9.45. The van der Waals surface area contributed by atoms with Crippen molar-refractivity contribution >= 4 is 11.6 Å². The summed E-state index contributed by atoms with van der Waals surface area (Å²) in [5, 5.41) is 13.3. The van der Waals surface area contributed by atoms with Crippen LogP contribution in [-0.2, 0) is 6.54 Å². The predicted molar refractivity (Wildman–Crippen MR) is 57.3 cm³/mol. The van der Waals surface area contributed by atoms with Crippen molar-refractivity contribution in [2.45, 2.75) is 26.0 Å². The Kier molecular flexibility index (Phi) is 3.86. The van der Waals surface area contributed by atoms with Gasteiger partial charge in [0.2, 0.25) is 0 Å². The molecule has 4 heteroatoms. The van der Waals surface area contributed by atoms with Crippen LogP contribution in [0.3, 0.4) is 0 Å². The highest BCUT2D eigenvalue weighted by atomic mass is 35.5. The first-order valence-electron chi connectivity index (χ1n) is 4.50. The van der Waals surface area contributed by atoms with Crippen molar-refractivity contribution in [1.29, 1.82) is 0 Å². The van der Waals surface area contributed by atoms with Crippen molar-refractivity contribution in [3.63, 3.8) is 0 Å². The number of nitrogens with zero attached hydrogens (tertiary/aromatic N) is 1. The van der Waals surface area contributed by atoms with Crippen molar-refractivity contribution in [3.8, 4) is 0 Å². The Hall–Kier alpha value is -0.640. The van der Waals surface area contributed by atoms with E-state index in [1.165, 1.54) is 0 Å². The number of pyridine rings is 1. The number of aromatic nitrogens is 1. The zero-order valence-corrected chi connectivity index (χ0v) is 9.17. The van der Waals surface area contributed by atoms with Gasteiger partial charge in [0, 0.05) is 36.1 Å². The quantitative estimate of drug-likeness (QED) is 0.800. The minimum Gasteiger partial charge on any atom is -0.389 e. The maximum absolute atomic E-state index is 9.45. The summed E-state index contributed by atoms with van der Waals surface area (Å²) in [6.07, 6.45) is 3.38. The average Bonchev–Trinajstić information content (AvgIpc) is 2.06. The molecule has 0 atom stereocenters. The smallest absolute Gasteiger partial charge is 0.0715 e. The Morgan fingerprint density at radius 2 is 2.29 bits per heavy atom. The molecule has 2 N–H and O–H groups in total. The summed E-state index contributed by atoms with van der Waals surface area (Å²) in [6.45, 7) is 4.66. The van der Waals surface area contributed by atoms with Crippen molar-refractivity contribution in [1.82, 2.24) is 10.3 Å². The van der Waals surface area contributed by atoms with Gasteiger partial charge in [0.25, 0.3) is 0 Å². The van der Waals surface area contributed by atoms with Crippen LogP contribution < -0.4 is 5.32 Å². The third-order valence-corrected chi connectivity index (χ3v) is 2.09. The number of hydrogen-bond donors (Lipinski definition) is 2. The molecular formula is C10H15ClN2O. The summed E-state index contributed by atoms with van der Waals surface area (Å²) >= 11 is 5.93. The fourth-order valence-corrected chi connectivity index (χ4v) is 1.22. The number of aliphatic hydroxyl groups is 1. The van der Waals surface area contributed by atoms with Crippen molar-refractivity contribution in [2.24, 2.45) is 0 Å². The van der Waals surface area contributed by atoms with Crippen LogP contribution >= 0.6 is 11.6 Å². The van der Waals surface area contributed by atoms with E-state index in [4.69, 9.17) is 11.6 Å². The Labute approximate surface area is 89.1 Å². The van der Waals surface area contributed by atoms with Crippen LogP contribution in [0.15, 0.2) is 18.5 Å². The molecule has 1 heterocycles. The first kappa shape index (κ1) is 11.4. The summed E-state index contributed by atoms with van der Waals surface area (Å²) in [5.41, 5.74) is 0.243. The average molecular weight is 215 g/mol. The Morgan fingerprint density at radius 3 is 2.86 bits per heavy atom. The lowest BCUT2D eigenvalue weighted by Crippen LogP contribution is -2.34. The Bertz CT molecular complexity index is 296. The van der Waals surface area contributed by atoms with Crippen LogP contribution in [0, 0.1) is 0 Å². The second-order valence-electron chi connectivity index (χ2n) is 3.88. The molecule has 3 nitrogen and oxygen atoms in total. The molecule has 0 aliphatic carbocycles. The van der Waals surface area contributed by atoms with E-state index in [2.05, 4.69) is 10.3 Å². The maximum Gasteiger partial charge on any atom is 0.0715 e. The number of rotatable bonds is 4. The van der Waals surface area contributed by atoms with E-state index in [1.54, 1.807) is 32.3 Å². The molecule has 78 valence electrons. The summed E-state index contributed by atoms with van der Waals surface area (Å²) in [6, 6.07) is 1.75. The highest BCUT2D eigenvalue weighted by Crippen LogP contribution is 2.12. The minimum atomic E-state index is -0.700. The molecule has 1 aromatic rings. The van der Waals surface area contributed by atoms with E-state index in [-0.39, 0.29) is 0 Å². The number of halogens is 1. The van der Waals surface area contributed by atoms with Crippen molar-refractivity contribution in [2.75, 3.05) is 6.54 Å². The molecule has 0 aromatic carbocycles. The van der Waals surface area contributed by atoms with Gasteiger partial charge in [-0.05, 0) is 19.9 Å². The first-order valence-corrected chi connectivity index (χ1v) is 4.88. The molecule has 14 heavy (non-hydrogen) atoms. The van der Waals surface area contributed by atoms with Crippen LogP contribution in [0.4, 0.5) is 0 Å². The molecule has 0 saturated heterocycles. The molecule has 0 unspecified atom stereocenters. The number of nitrogens with one attached hydrogen (secondary N) is 1. The zero-order valence-electron chi connectivity index (χ0n) is 8.42.